The van der Waals surface area contributed by atoms with E-state index in [4.69, 9.17) is 15.2 Å². The zero-order chi connectivity index (χ0) is 14.3. The van der Waals surface area contributed by atoms with Gasteiger partial charge in [0.25, 0.3) is 0 Å². The number of hydrogen-bond acceptors (Lipinski definition) is 4. The van der Waals surface area contributed by atoms with Gasteiger partial charge in [0.1, 0.15) is 17.6 Å². The van der Waals surface area contributed by atoms with E-state index in [2.05, 4.69) is 28.9 Å². The molecule has 20 heavy (non-hydrogen) atoms. The van der Waals surface area contributed by atoms with Crippen LogP contribution in [0.3, 0.4) is 0 Å². The molecule has 3 nitrogen and oxygen atoms in total. The van der Waals surface area contributed by atoms with Crippen LogP contribution in [0.2, 0.25) is 0 Å². The lowest BCUT2D eigenvalue weighted by atomic mass is 9.96. The zero-order valence-electron chi connectivity index (χ0n) is 11.4. The normalized spacial score (nSPS) is 21.2. The van der Waals surface area contributed by atoms with Gasteiger partial charge in [-0.2, -0.15) is 0 Å². The minimum Gasteiger partial charge on any atom is -0.497 e. The van der Waals surface area contributed by atoms with Crippen LogP contribution in [0.5, 0.6) is 11.5 Å². The number of rotatable bonds is 2. The summed E-state index contributed by atoms with van der Waals surface area (Å²) in [5.74, 6) is 1.62. The number of halogens is 1. The average Bonchev–Trinajstić information content (AvgIpc) is 2.78. The first kappa shape index (κ1) is 13.9. The first-order chi connectivity index (χ1) is 9.58. The van der Waals surface area contributed by atoms with Crippen molar-refractivity contribution < 1.29 is 9.47 Å². The average molecular weight is 354 g/mol. The maximum absolute atomic E-state index is 6.28. The Bertz CT molecular complexity index is 621. The van der Waals surface area contributed by atoms with E-state index in [1.165, 1.54) is 9.75 Å². The monoisotopic (exact) mass is 353 g/mol. The van der Waals surface area contributed by atoms with Gasteiger partial charge in [-0.15, -0.1) is 11.3 Å². The van der Waals surface area contributed by atoms with Gasteiger partial charge in [0, 0.05) is 38.3 Å². The van der Waals surface area contributed by atoms with Crippen LogP contribution in [-0.2, 0) is 0 Å². The van der Waals surface area contributed by atoms with E-state index < -0.39 is 0 Å². The Balaban J connectivity index is 1.94. The van der Waals surface area contributed by atoms with Crippen LogP contribution in [-0.4, -0.2) is 7.11 Å². The highest BCUT2D eigenvalue weighted by Gasteiger charge is 2.28. The topological polar surface area (TPSA) is 44.5 Å². The molecule has 0 saturated heterocycles. The minimum absolute atomic E-state index is 0.00385. The van der Waals surface area contributed by atoms with Gasteiger partial charge in [0.15, 0.2) is 0 Å². The number of thiophene rings is 1. The lowest BCUT2D eigenvalue weighted by Crippen LogP contribution is -2.23. The van der Waals surface area contributed by atoms with Crippen LogP contribution in [0.15, 0.2) is 28.7 Å². The zero-order valence-corrected chi connectivity index (χ0v) is 13.8. The van der Waals surface area contributed by atoms with Gasteiger partial charge >= 0.3 is 0 Å². The van der Waals surface area contributed by atoms with Gasteiger partial charge in [-0.3, -0.25) is 0 Å². The number of hydrogen-bond donors (Lipinski definition) is 1. The molecule has 0 amide bonds. The second-order valence-electron chi connectivity index (χ2n) is 4.91. The summed E-state index contributed by atoms with van der Waals surface area (Å²) in [6, 6.07) is 7.95. The van der Waals surface area contributed by atoms with Crippen molar-refractivity contribution in [3.63, 3.8) is 0 Å². The lowest BCUT2D eigenvalue weighted by molar-refractivity contribution is 0.164. The first-order valence-corrected chi connectivity index (χ1v) is 8.05. The molecule has 2 heterocycles. The first-order valence-electron chi connectivity index (χ1n) is 6.44. The number of aryl methyl sites for hydroxylation is 1. The minimum atomic E-state index is -0.00385. The van der Waals surface area contributed by atoms with Crippen molar-refractivity contribution in [2.24, 2.45) is 5.73 Å². The number of nitrogens with two attached hydrogens (primary N) is 1. The quantitative estimate of drug-likeness (QED) is 0.872. The molecule has 1 aromatic carbocycles. The van der Waals surface area contributed by atoms with Crippen molar-refractivity contribution in [3.8, 4) is 11.5 Å². The maximum atomic E-state index is 6.28. The Kier molecular flexibility index (Phi) is 3.75. The van der Waals surface area contributed by atoms with E-state index >= 15 is 0 Å². The third-order valence-electron chi connectivity index (χ3n) is 3.55. The van der Waals surface area contributed by atoms with Crippen LogP contribution in [0.25, 0.3) is 0 Å². The summed E-state index contributed by atoms with van der Waals surface area (Å²) >= 11 is 5.30. The number of ether oxygens (including phenoxy) is 2. The molecule has 1 unspecified atom stereocenters. The molecule has 0 saturated carbocycles. The van der Waals surface area contributed by atoms with Crippen LogP contribution >= 0.6 is 27.3 Å². The Hall–Kier alpha value is -1.04. The van der Waals surface area contributed by atoms with E-state index in [-0.39, 0.29) is 12.1 Å². The van der Waals surface area contributed by atoms with Gasteiger partial charge < -0.3 is 15.2 Å². The summed E-state index contributed by atoms with van der Waals surface area (Å²) in [6.45, 7) is 2.10. The molecule has 2 aromatic rings. The van der Waals surface area contributed by atoms with E-state index in [1.54, 1.807) is 18.4 Å². The Morgan fingerprint density at radius 3 is 2.85 bits per heavy atom. The third-order valence-corrected chi connectivity index (χ3v) is 5.78. The molecule has 0 fully saturated rings. The Labute approximate surface area is 130 Å². The van der Waals surface area contributed by atoms with E-state index in [0.29, 0.717) is 0 Å². The molecule has 3 rings (SSSR count). The molecule has 1 aliphatic rings. The number of fused-ring (bicyclic) bond motifs is 1. The lowest BCUT2D eigenvalue weighted by Gasteiger charge is -2.30. The van der Waals surface area contributed by atoms with Crippen LogP contribution in [0, 0.1) is 6.92 Å². The largest absolute Gasteiger partial charge is 0.497 e. The SMILES string of the molecule is COc1ccc2c(c1)OC(c1cc(Br)c(C)s1)C[C@H]2N. The molecule has 1 aliphatic heterocycles. The molecule has 0 radical (unpaired) electrons. The van der Waals surface area contributed by atoms with Crippen molar-refractivity contribution in [1.82, 2.24) is 0 Å². The molecule has 2 atom stereocenters. The van der Waals surface area contributed by atoms with Gasteiger partial charge in [-0.25, -0.2) is 0 Å². The predicted octanol–water partition coefficient (Wildman–Crippen LogP) is 4.35. The highest BCUT2D eigenvalue weighted by molar-refractivity contribution is 9.10. The third kappa shape index (κ3) is 2.45. The molecule has 2 N–H and O–H groups in total. The summed E-state index contributed by atoms with van der Waals surface area (Å²) in [4.78, 5) is 2.46. The van der Waals surface area contributed by atoms with Crippen LogP contribution in [0.1, 0.15) is 33.9 Å². The van der Waals surface area contributed by atoms with Crippen molar-refractivity contribution in [2.45, 2.75) is 25.5 Å². The van der Waals surface area contributed by atoms with Crippen LogP contribution in [0.4, 0.5) is 0 Å². The summed E-state index contributed by atoms with van der Waals surface area (Å²) in [5, 5.41) is 0. The second-order valence-corrected chi connectivity index (χ2v) is 7.05. The predicted molar refractivity (Wildman–Crippen MR) is 84.7 cm³/mol. The molecule has 106 valence electrons. The van der Waals surface area contributed by atoms with Gasteiger partial charge in [-0.05, 0) is 35.0 Å². The smallest absolute Gasteiger partial charge is 0.135 e. The number of benzene rings is 1. The fourth-order valence-electron chi connectivity index (χ4n) is 2.42. The van der Waals surface area contributed by atoms with Crippen molar-refractivity contribution in [1.29, 1.82) is 0 Å². The van der Waals surface area contributed by atoms with Gasteiger partial charge in [-0.1, -0.05) is 6.07 Å². The van der Waals surface area contributed by atoms with E-state index in [0.717, 1.165) is 28.0 Å². The molecule has 5 heteroatoms. The van der Waals surface area contributed by atoms with Crippen molar-refractivity contribution in [2.75, 3.05) is 7.11 Å². The summed E-state index contributed by atoms with van der Waals surface area (Å²) in [6.07, 6.45) is 0.811. The summed E-state index contributed by atoms with van der Waals surface area (Å²) in [7, 11) is 1.65. The molecular formula is C15H16BrNO2S. The Morgan fingerprint density at radius 1 is 1.40 bits per heavy atom. The number of methoxy groups -OCH3 is 1. The maximum Gasteiger partial charge on any atom is 0.135 e. The molecule has 0 bridgehead atoms. The van der Waals surface area contributed by atoms with E-state index in [1.807, 2.05) is 18.2 Å². The molecule has 0 aliphatic carbocycles. The standard InChI is InChI=1S/C15H16BrNO2S/c1-8-11(16)6-15(20-8)14-7-12(17)10-4-3-9(18-2)5-13(10)19-14/h3-6,12,14H,7,17H2,1-2H3/t12-,14?/m1/s1. The molecule has 1 aromatic heterocycles. The van der Waals surface area contributed by atoms with Crippen LogP contribution < -0.4 is 15.2 Å². The van der Waals surface area contributed by atoms with Crippen molar-refractivity contribution >= 4 is 27.3 Å². The molecule has 0 spiro atoms. The fourth-order valence-corrected chi connectivity index (χ4v) is 4.03. The molecular weight excluding hydrogens is 338 g/mol. The van der Waals surface area contributed by atoms with Crippen molar-refractivity contribution in [3.05, 3.63) is 44.1 Å². The highest BCUT2D eigenvalue weighted by atomic mass is 79.9. The van der Waals surface area contributed by atoms with E-state index in [9.17, 15) is 0 Å². The Morgan fingerprint density at radius 2 is 2.20 bits per heavy atom. The highest BCUT2D eigenvalue weighted by Crippen LogP contribution is 2.43. The summed E-state index contributed by atoms with van der Waals surface area (Å²) in [5.41, 5.74) is 7.33. The fraction of sp³-hybridized carbons (Fsp3) is 0.333. The van der Waals surface area contributed by atoms with Gasteiger partial charge in [0.05, 0.1) is 7.11 Å². The second kappa shape index (κ2) is 5.39. The summed E-state index contributed by atoms with van der Waals surface area (Å²) < 4.78 is 12.5. The van der Waals surface area contributed by atoms with Gasteiger partial charge in [0.2, 0.25) is 0 Å².